The predicted molar refractivity (Wildman–Crippen MR) is 119 cm³/mol. The first kappa shape index (κ1) is 21.7. The number of benzene rings is 2. The summed E-state index contributed by atoms with van der Waals surface area (Å²) in [6.45, 7) is 0. The van der Waals surface area contributed by atoms with Crippen LogP contribution >= 0.6 is 11.3 Å². The number of sulfonamides is 1. The van der Waals surface area contributed by atoms with Gasteiger partial charge in [0, 0.05) is 22.6 Å². The SMILES string of the molecule is COc1ccc([N+](=O)[O-])cc1NS(=O)(=O)c1ccc(C(=O)Nc2nc3c(s2)CCC3)cc1. The van der Waals surface area contributed by atoms with Crippen molar-refractivity contribution in [2.75, 3.05) is 17.1 Å². The minimum Gasteiger partial charge on any atom is -0.495 e. The standard InChI is InChI=1S/C20H18N4O6S2/c1-30-17-10-7-13(24(26)27)11-16(17)23-32(28,29)14-8-5-12(6-9-14)19(25)22-20-21-15-3-2-4-18(15)31-20/h5-11,23H,2-4H2,1H3,(H,21,22,25). The first-order chi connectivity index (χ1) is 15.3. The number of nitrogens with zero attached hydrogens (tertiary/aromatic N) is 2. The molecule has 0 saturated heterocycles. The zero-order valence-corrected chi connectivity index (χ0v) is 18.5. The molecule has 2 aromatic carbocycles. The summed E-state index contributed by atoms with van der Waals surface area (Å²) in [7, 11) is -2.76. The molecular weight excluding hydrogens is 456 g/mol. The van der Waals surface area contributed by atoms with Crippen LogP contribution in [0.4, 0.5) is 16.5 Å². The van der Waals surface area contributed by atoms with Crippen molar-refractivity contribution < 1.29 is 22.9 Å². The number of thiazole rings is 1. The first-order valence-electron chi connectivity index (χ1n) is 9.52. The van der Waals surface area contributed by atoms with Crippen LogP contribution in [0.2, 0.25) is 0 Å². The molecule has 1 aliphatic rings. The number of methoxy groups -OCH3 is 1. The summed E-state index contributed by atoms with van der Waals surface area (Å²) in [6.07, 6.45) is 2.96. The molecule has 0 unspecified atom stereocenters. The number of aryl methyl sites for hydroxylation is 2. The summed E-state index contributed by atoms with van der Waals surface area (Å²) >= 11 is 1.45. The molecule has 0 fully saturated rings. The van der Waals surface area contributed by atoms with Gasteiger partial charge in [0.05, 0.1) is 28.3 Å². The number of fused-ring (bicyclic) bond motifs is 1. The average Bonchev–Trinajstić information content (AvgIpc) is 3.35. The fraction of sp³-hybridized carbons (Fsp3) is 0.200. The maximum Gasteiger partial charge on any atom is 0.271 e. The molecule has 166 valence electrons. The molecule has 1 heterocycles. The number of non-ortho nitro benzene ring substituents is 1. The number of amides is 1. The number of aromatic nitrogens is 1. The molecule has 0 radical (unpaired) electrons. The lowest BCUT2D eigenvalue weighted by molar-refractivity contribution is -0.384. The maximum absolute atomic E-state index is 12.8. The van der Waals surface area contributed by atoms with Gasteiger partial charge in [-0.3, -0.25) is 24.9 Å². The molecule has 1 aliphatic carbocycles. The third-order valence-electron chi connectivity index (χ3n) is 4.88. The van der Waals surface area contributed by atoms with Crippen LogP contribution in [-0.2, 0) is 22.9 Å². The number of nitrogens with one attached hydrogen (secondary N) is 2. The highest BCUT2D eigenvalue weighted by Crippen LogP contribution is 2.32. The van der Waals surface area contributed by atoms with Crippen LogP contribution in [0.5, 0.6) is 5.75 Å². The molecule has 4 rings (SSSR count). The summed E-state index contributed by atoms with van der Waals surface area (Å²) in [4.78, 5) is 28.3. The number of anilines is 2. The van der Waals surface area contributed by atoms with Crippen molar-refractivity contribution in [1.29, 1.82) is 0 Å². The van der Waals surface area contributed by atoms with Gasteiger partial charge in [-0.2, -0.15) is 0 Å². The van der Waals surface area contributed by atoms with Crippen molar-refractivity contribution in [2.45, 2.75) is 24.2 Å². The van der Waals surface area contributed by atoms with Crippen LogP contribution in [0.15, 0.2) is 47.4 Å². The van der Waals surface area contributed by atoms with Crippen LogP contribution in [-0.4, -0.2) is 31.3 Å². The van der Waals surface area contributed by atoms with Crippen molar-refractivity contribution in [1.82, 2.24) is 4.98 Å². The molecule has 32 heavy (non-hydrogen) atoms. The second-order valence-electron chi connectivity index (χ2n) is 6.97. The molecule has 0 aliphatic heterocycles. The smallest absolute Gasteiger partial charge is 0.271 e. The highest BCUT2D eigenvalue weighted by atomic mass is 32.2. The second kappa shape index (κ2) is 8.55. The van der Waals surface area contributed by atoms with E-state index in [1.165, 1.54) is 59.7 Å². The van der Waals surface area contributed by atoms with Crippen molar-refractivity contribution in [3.63, 3.8) is 0 Å². The number of carbonyl (C=O) groups excluding carboxylic acids is 1. The van der Waals surface area contributed by atoms with Gasteiger partial charge in [-0.15, -0.1) is 11.3 Å². The number of ether oxygens (including phenoxy) is 1. The van der Waals surface area contributed by atoms with Crippen molar-refractivity contribution in [3.05, 3.63) is 68.7 Å². The van der Waals surface area contributed by atoms with Gasteiger partial charge in [0.1, 0.15) is 5.75 Å². The van der Waals surface area contributed by atoms with Gasteiger partial charge in [0.15, 0.2) is 5.13 Å². The Morgan fingerprint density at radius 3 is 2.59 bits per heavy atom. The molecule has 1 amide bonds. The largest absolute Gasteiger partial charge is 0.495 e. The van der Waals surface area contributed by atoms with E-state index in [1.54, 1.807) is 0 Å². The Hall–Kier alpha value is -3.51. The molecule has 10 nitrogen and oxygen atoms in total. The maximum atomic E-state index is 12.8. The van der Waals surface area contributed by atoms with Gasteiger partial charge < -0.3 is 4.74 Å². The number of carbonyl (C=O) groups is 1. The highest BCUT2D eigenvalue weighted by Gasteiger charge is 2.21. The number of hydrogen-bond donors (Lipinski definition) is 2. The Kier molecular flexibility index (Phi) is 5.80. The van der Waals surface area contributed by atoms with Crippen LogP contribution < -0.4 is 14.8 Å². The molecule has 0 spiro atoms. The average molecular weight is 475 g/mol. The molecular formula is C20H18N4O6S2. The molecule has 0 saturated carbocycles. The Morgan fingerprint density at radius 1 is 1.19 bits per heavy atom. The van der Waals surface area contributed by atoms with Crippen molar-refractivity contribution >= 4 is 43.8 Å². The van der Waals surface area contributed by atoms with Gasteiger partial charge >= 0.3 is 0 Å². The molecule has 3 aromatic rings. The molecule has 12 heteroatoms. The summed E-state index contributed by atoms with van der Waals surface area (Å²) in [5, 5.41) is 14.3. The van der Waals surface area contributed by atoms with Crippen LogP contribution in [0.3, 0.4) is 0 Å². The third-order valence-corrected chi connectivity index (χ3v) is 7.34. The lowest BCUT2D eigenvalue weighted by Gasteiger charge is -2.12. The van der Waals surface area contributed by atoms with E-state index in [-0.39, 0.29) is 27.6 Å². The van der Waals surface area contributed by atoms with E-state index >= 15 is 0 Å². The Morgan fingerprint density at radius 2 is 1.94 bits per heavy atom. The highest BCUT2D eigenvalue weighted by molar-refractivity contribution is 7.92. The quantitative estimate of drug-likeness (QED) is 0.394. The molecule has 1 aromatic heterocycles. The number of hydrogen-bond acceptors (Lipinski definition) is 8. The predicted octanol–water partition coefficient (Wildman–Crippen LogP) is 3.60. The Balaban J connectivity index is 1.51. The second-order valence-corrected chi connectivity index (χ2v) is 9.73. The summed E-state index contributed by atoms with van der Waals surface area (Å²) < 4.78 is 32.9. The van der Waals surface area contributed by atoms with E-state index in [2.05, 4.69) is 15.0 Å². The number of rotatable bonds is 7. The monoisotopic (exact) mass is 474 g/mol. The van der Waals surface area contributed by atoms with Gasteiger partial charge in [0.25, 0.3) is 21.6 Å². The summed E-state index contributed by atoms with van der Waals surface area (Å²) in [5.74, 6) is -0.264. The fourth-order valence-corrected chi connectivity index (χ4v) is 5.40. The van der Waals surface area contributed by atoms with E-state index in [0.29, 0.717) is 5.13 Å². The zero-order valence-electron chi connectivity index (χ0n) is 16.8. The lowest BCUT2D eigenvalue weighted by Crippen LogP contribution is -2.15. The molecule has 0 atom stereocenters. The van der Waals surface area contributed by atoms with E-state index in [9.17, 15) is 23.3 Å². The van der Waals surface area contributed by atoms with Crippen LogP contribution in [0, 0.1) is 10.1 Å². The molecule has 2 N–H and O–H groups in total. The van der Waals surface area contributed by atoms with Crippen molar-refractivity contribution in [3.8, 4) is 5.75 Å². The first-order valence-corrected chi connectivity index (χ1v) is 11.8. The van der Waals surface area contributed by atoms with Crippen molar-refractivity contribution in [2.24, 2.45) is 0 Å². The zero-order chi connectivity index (χ0) is 22.9. The number of nitro benzene ring substituents is 1. The van der Waals surface area contributed by atoms with Crippen LogP contribution in [0.1, 0.15) is 27.3 Å². The minimum atomic E-state index is -4.08. The minimum absolute atomic E-state index is 0.0691. The Bertz CT molecular complexity index is 1280. The Labute approximate surface area is 187 Å². The van der Waals surface area contributed by atoms with Crippen LogP contribution in [0.25, 0.3) is 0 Å². The van der Waals surface area contributed by atoms with Gasteiger partial charge in [-0.05, 0) is 49.6 Å². The van der Waals surface area contributed by atoms with Gasteiger partial charge in [-0.25, -0.2) is 13.4 Å². The fourth-order valence-electron chi connectivity index (χ4n) is 3.29. The van der Waals surface area contributed by atoms with E-state index in [1.807, 2.05) is 0 Å². The number of nitro groups is 1. The van der Waals surface area contributed by atoms with E-state index in [0.717, 1.165) is 31.0 Å². The summed E-state index contributed by atoms with van der Waals surface area (Å²) in [5.41, 5.74) is 0.936. The topological polar surface area (TPSA) is 141 Å². The van der Waals surface area contributed by atoms with Gasteiger partial charge in [-0.1, -0.05) is 0 Å². The van der Waals surface area contributed by atoms with E-state index < -0.39 is 20.9 Å². The normalized spacial score (nSPS) is 12.8. The summed E-state index contributed by atoms with van der Waals surface area (Å²) in [6, 6.07) is 8.92. The third kappa shape index (κ3) is 4.41. The van der Waals surface area contributed by atoms with E-state index in [4.69, 9.17) is 4.74 Å². The van der Waals surface area contributed by atoms with Gasteiger partial charge in [0.2, 0.25) is 0 Å². The lowest BCUT2D eigenvalue weighted by atomic mass is 10.2. The molecule has 0 bridgehead atoms.